The zero-order valence-corrected chi connectivity index (χ0v) is 15.6. The highest BCUT2D eigenvalue weighted by Gasteiger charge is 2.20. The van der Waals surface area contributed by atoms with Gasteiger partial charge in [-0.1, -0.05) is 55.3 Å². The van der Waals surface area contributed by atoms with E-state index >= 15 is 0 Å². The van der Waals surface area contributed by atoms with E-state index in [4.69, 9.17) is 11.6 Å². The van der Waals surface area contributed by atoms with Crippen LogP contribution in [0.15, 0.2) is 47.3 Å². The van der Waals surface area contributed by atoms with Gasteiger partial charge in [0.15, 0.2) is 0 Å². The summed E-state index contributed by atoms with van der Waals surface area (Å²) in [4.78, 5) is 26.3. The topological polar surface area (TPSA) is 62.0 Å². The molecule has 0 spiro atoms. The number of aromatic amines is 1. The average molecular weight is 371 g/mol. The van der Waals surface area contributed by atoms with Crippen LogP contribution in [0.5, 0.6) is 0 Å². The number of carbonyl (C=O) groups excluding carboxylic acids is 1. The fourth-order valence-corrected chi connectivity index (χ4v) is 3.26. The van der Waals surface area contributed by atoms with Crippen LogP contribution in [0.4, 0.5) is 0 Å². The van der Waals surface area contributed by atoms with Crippen molar-refractivity contribution in [2.45, 2.75) is 45.1 Å². The lowest BCUT2D eigenvalue weighted by atomic mass is 9.97. The van der Waals surface area contributed by atoms with E-state index in [1.165, 1.54) is 18.4 Å². The van der Waals surface area contributed by atoms with Crippen LogP contribution < -0.4 is 10.9 Å². The van der Waals surface area contributed by atoms with Crippen molar-refractivity contribution >= 4 is 23.1 Å². The second-order valence-corrected chi connectivity index (χ2v) is 7.05. The third-order valence-corrected chi connectivity index (χ3v) is 4.93. The van der Waals surface area contributed by atoms with Crippen LogP contribution in [-0.4, -0.2) is 16.9 Å². The zero-order chi connectivity index (χ0) is 18.5. The molecule has 1 aliphatic rings. The van der Waals surface area contributed by atoms with E-state index in [9.17, 15) is 9.59 Å². The van der Waals surface area contributed by atoms with Gasteiger partial charge >= 0.3 is 0 Å². The van der Waals surface area contributed by atoms with Crippen molar-refractivity contribution in [3.8, 4) is 0 Å². The predicted octanol–water partition coefficient (Wildman–Crippen LogP) is 4.08. The molecule has 1 aromatic carbocycles. The smallest absolute Gasteiger partial charge is 0.267 e. The number of hydrogen-bond acceptors (Lipinski definition) is 2. The van der Waals surface area contributed by atoms with E-state index in [2.05, 4.69) is 41.5 Å². The van der Waals surface area contributed by atoms with Gasteiger partial charge in [0.2, 0.25) is 5.91 Å². The molecule has 2 N–H and O–H groups in total. The molecule has 0 radical (unpaired) electrons. The maximum Gasteiger partial charge on any atom is 0.267 e. The number of pyridine rings is 1. The maximum absolute atomic E-state index is 12.0. The lowest BCUT2D eigenvalue weighted by Gasteiger charge is -2.13. The Hall–Kier alpha value is -2.33. The van der Waals surface area contributed by atoms with E-state index in [0.29, 0.717) is 12.1 Å². The third kappa shape index (κ3) is 4.44. The zero-order valence-electron chi connectivity index (χ0n) is 14.8. The second-order valence-electron chi connectivity index (χ2n) is 6.64. The molecule has 1 aromatic heterocycles. The van der Waals surface area contributed by atoms with Gasteiger partial charge in [-0.2, -0.15) is 0 Å². The van der Waals surface area contributed by atoms with Gasteiger partial charge in [-0.3, -0.25) is 9.59 Å². The molecule has 3 rings (SSSR count). The minimum atomic E-state index is -0.315. The van der Waals surface area contributed by atoms with E-state index in [-0.39, 0.29) is 22.5 Å². The Balaban J connectivity index is 1.97. The largest absolute Gasteiger partial charge is 0.350 e. The molecule has 1 amide bonds. The Morgan fingerprint density at radius 1 is 1.19 bits per heavy atom. The summed E-state index contributed by atoms with van der Waals surface area (Å²) in [6.07, 6.45) is 6.70. The first kappa shape index (κ1) is 18.5. The second kappa shape index (κ2) is 8.37. The normalized spacial score (nSPS) is 17.4. The number of aryl methyl sites for hydroxylation is 1. The molecule has 1 fully saturated rings. The van der Waals surface area contributed by atoms with Gasteiger partial charge in [0.05, 0.1) is 0 Å². The van der Waals surface area contributed by atoms with E-state index in [0.717, 1.165) is 24.0 Å². The van der Waals surface area contributed by atoms with Crippen molar-refractivity contribution in [3.63, 3.8) is 0 Å². The van der Waals surface area contributed by atoms with Crippen molar-refractivity contribution in [1.82, 2.24) is 10.3 Å². The Morgan fingerprint density at radius 3 is 2.58 bits per heavy atom. The number of hydrogen-bond donors (Lipinski definition) is 2. The summed E-state index contributed by atoms with van der Waals surface area (Å²) in [5.74, 6) is 0.0603. The molecule has 5 heteroatoms. The molecule has 26 heavy (non-hydrogen) atoms. The number of aromatic nitrogens is 1. The molecule has 0 aliphatic carbocycles. The lowest BCUT2D eigenvalue weighted by molar-refractivity contribution is -0.119. The molecule has 0 saturated carbocycles. The highest BCUT2D eigenvalue weighted by molar-refractivity contribution is 6.30. The molecule has 1 aliphatic heterocycles. The summed E-state index contributed by atoms with van der Waals surface area (Å²) in [6.45, 7) is 2.18. The van der Waals surface area contributed by atoms with Crippen molar-refractivity contribution in [3.05, 3.63) is 74.7 Å². The summed E-state index contributed by atoms with van der Waals surface area (Å²) in [5, 5.41) is 3.12. The van der Waals surface area contributed by atoms with Crippen molar-refractivity contribution in [2.24, 2.45) is 0 Å². The van der Waals surface area contributed by atoms with Gasteiger partial charge in [0, 0.05) is 23.7 Å². The summed E-state index contributed by atoms with van der Waals surface area (Å²) >= 11 is 5.87. The van der Waals surface area contributed by atoms with Gasteiger partial charge in [-0.25, -0.2) is 0 Å². The molecule has 1 saturated heterocycles. The summed E-state index contributed by atoms with van der Waals surface area (Å²) in [6, 6.07) is 11.8. The summed E-state index contributed by atoms with van der Waals surface area (Å²) in [7, 11) is 0. The lowest BCUT2D eigenvalue weighted by Crippen LogP contribution is -2.23. The van der Waals surface area contributed by atoms with E-state index in [1.807, 2.05) is 6.08 Å². The van der Waals surface area contributed by atoms with Crippen LogP contribution in [0.25, 0.3) is 5.57 Å². The first-order valence-electron chi connectivity index (χ1n) is 9.06. The Labute approximate surface area is 158 Å². The molecule has 1 atom stereocenters. The van der Waals surface area contributed by atoms with E-state index < -0.39 is 0 Å². The first-order chi connectivity index (χ1) is 12.6. The summed E-state index contributed by atoms with van der Waals surface area (Å²) < 4.78 is 0. The molecular formula is C21H23ClN2O2. The molecular weight excluding hydrogens is 348 g/mol. The SMILES string of the molecule is CCCCc1ccc(/C(=C\[C@H]2CCC(=O)N2)c2ccc(Cl)c(=O)[nH]2)cc1. The average Bonchev–Trinajstić information content (AvgIpc) is 3.06. The number of unbranched alkanes of at least 4 members (excludes halogenated alkanes) is 1. The van der Waals surface area contributed by atoms with Crippen LogP contribution in [0.1, 0.15) is 49.4 Å². The molecule has 0 bridgehead atoms. The predicted molar refractivity (Wildman–Crippen MR) is 105 cm³/mol. The van der Waals surface area contributed by atoms with Crippen LogP contribution in [0.2, 0.25) is 5.02 Å². The number of H-pyrrole nitrogens is 1. The fraction of sp³-hybridized carbons (Fsp3) is 0.333. The first-order valence-corrected chi connectivity index (χ1v) is 9.44. The summed E-state index contributed by atoms with van der Waals surface area (Å²) in [5.41, 5.74) is 3.58. The van der Waals surface area contributed by atoms with Crippen LogP contribution in [-0.2, 0) is 11.2 Å². The molecule has 0 unspecified atom stereocenters. The van der Waals surface area contributed by atoms with Crippen LogP contribution >= 0.6 is 11.6 Å². The van der Waals surface area contributed by atoms with Crippen molar-refractivity contribution < 1.29 is 4.79 Å². The van der Waals surface area contributed by atoms with Gasteiger partial charge in [-0.15, -0.1) is 0 Å². The van der Waals surface area contributed by atoms with Crippen LogP contribution in [0, 0.1) is 0 Å². The Kier molecular flexibility index (Phi) is 5.94. The quantitative estimate of drug-likeness (QED) is 0.804. The number of halogens is 1. The minimum absolute atomic E-state index is 0.0311. The number of rotatable bonds is 6. The molecule has 2 aromatic rings. The maximum atomic E-state index is 12.0. The number of amides is 1. The monoisotopic (exact) mass is 370 g/mol. The van der Waals surface area contributed by atoms with Crippen molar-refractivity contribution in [1.29, 1.82) is 0 Å². The third-order valence-electron chi connectivity index (χ3n) is 4.63. The highest BCUT2D eigenvalue weighted by atomic mass is 35.5. The van der Waals surface area contributed by atoms with Gasteiger partial charge in [0.25, 0.3) is 5.56 Å². The van der Waals surface area contributed by atoms with Crippen molar-refractivity contribution in [2.75, 3.05) is 0 Å². The fourth-order valence-electron chi connectivity index (χ4n) is 3.15. The molecule has 136 valence electrons. The molecule has 2 heterocycles. The number of nitrogens with one attached hydrogen (secondary N) is 2. The van der Waals surface area contributed by atoms with Gasteiger partial charge in [-0.05, 0) is 42.5 Å². The standard InChI is InChI=1S/C21H23ClN2O2/c1-2-3-4-14-5-7-15(8-6-14)17(13-16-9-12-20(25)23-16)19-11-10-18(22)21(26)24-19/h5-8,10-11,13,16H,2-4,9,12H2,1H3,(H,23,25)(H,24,26)/b17-13+/t16-/m1/s1. The van der Waals surface area contributed by atoms with Gasteiger partial charge < -0.3 is 10.3 Å². The van der Waals surface area contributed by atoms with Gasteiger partial charge in [0.1, 0.15) is 5.02 Å². The van der Waals surface area contributed by atoms with E-state index in [1.54, 1.807) is 12.1 Å². The Morgan fingerprint density at radius 2 is 1.96 bits per heavy atom. The Bertz CT molecular complexity index is 868. The number of carbonyl (C=O) groups is 1. The number of benzene rings is 1. The van der Waals surface area contributed by atoms with Crippen LogP contribution in [0.3, 0.4) is 0 Å². The molecule has 4 nitrogen and oxygen atoms in total. The highest BCUT2D eigenvalue weighted by Crippen LogP contribution is 2.25. The minimum Gasteiger partial charge on any atom is -0.350 e.